The van der Waals surface area contributed by atoms with Crippen LogP contribution in [0, 0.1) is 0 Å². The average molecular weight is 201 g/mol. The second kappa shape index (κ2) is 6.34. The first-order valence-corrected chi connectivity index (χ1v) is 3.43. The Morgan fingerprint density at radius 2 is 2.15 bits per heavy atom. The number of benzene rings is 1. The number of rotatable bonds is 2. The molecule has 1 rings (SSSR count). The van der Waals surface area contributed by atoms with Crippen molar-refractivity contribution < 1.29 is 61.3 Å². The number of nitrogens with two attached hydrogens (primary N) is 1. The van der Waals surface area contributed by atoms with E-state index in [1.54, 1.807) is 24.3 Å². The zero-order valence-corrected chi connectivity index (χ0v) is 10.5. The Hall–Kier alpha value is -0.134. The second-order valence-corrected chi connectivity index (χ2v) is 2.32. The maximum absolute atomic E-state index is 10.0. The molecule has 4 heteroatoms. The maximum Gasteiger partial charge on any atom is 1.00 e. The average Bonchev–Trinajstić information content (AvgIpc) is 2.01. The summed E-state index contributed by atoms with van der Waals surface area (Å²) in [6, 6.07) is 6.93. The number of carbonyl (C=O) groups is 1. The number of hydrogen-bond acceptors (Lipinski definition) is 3. The van der Waals surface area contributed by atoms with Crippen molar-refractivity contribution in [2.75, 3.05) is 5.73 Å². The van der Waals surface area contributed by atoms with Crippen LogP contribution >= 0.6 is 0 Å². The molecule has 0 aliphatic carbocycles. The van der Waals surface area contributed by atoms with Gasteiger partial charge in [0.25, 0.3) is 0 Å². The van der Waals surface area contributed by atoms with Crippen LogP contribution in [0.3, 0.4) is 0 Å². The van der Waals surface area contributed by atoms with Gasteiger partial charge >= 0.3 is 51.4 Å². The van der Waals surface area contributed by atoms with Crippen molar-refractivity contribution in [3.05, 3.63) is 35.9 Å². The van der Waals surface area contributed by atoms with Gasteiger partial charge in [0.2, 0.25) is 0 Å². The summed E-state index contributed by atoms with van der Waals surface area (Å²) in [5.74, 6) is -1.21. The number of aliphatic carboxylic acids is 1. The largest absolute Gasteiger partial charge is 1.00 e. The van der Waals surface area contributed by atoms with E-state index in [1.165, 1.54) is 6.08 Å². The van der Waals surface area contributed by atoms with Gasteiger partial charge in [-0.15, -0.1) is 0 Å². The number of nitrogen functional groups attached to an aromatic ring is 1. The Morgan fingerprint density at radius 3 is 2.69 bits per heavy atom. The van der Waals surface area contributed by atoms with Crippen LogP contribution in [-0.2, 0) is 4.79 Å². The van der Waals surface area contributed by atoms with E-state index < -0.39 is 5.97 Å². The minimum atomic E-state index is -1.21. The third-order valence-corrected chi connectivity index (χ3v) is 1.32. The van der Waals surface area contributed by atoms with Crippen molar-refractivity contribution in [3.63, 3.8) is 0 Å². The molecule has 0 heterocycles. The van der Waals surface area contributed by atoms with Crippen molar-refractivity contribution >= 4 is 17.7 Å². The molecule has 0 amide bonds. The summed E-state index contributed by atoms with van der Waals surface area (Å²) in [5, 5.41) is 10.0. The molecular formula is C9H8KNO2. The predicted octanol–water partition coefficient (Wildman–Crippen LogP) is -2.96. The third kappa shape index (κ3) is 5.23. The number of carboxylic acid groups (broad SMARTS) is 1. The van der Waals surface area contributed by atoms with Crippen LogP contribution < -0.4 is 62.2 Å². The summed E-state index contributed by atoms with van der Waals surface area (Å²) < 4.78 is 0. The minimum Gasteiger partial charge on any atom is -0.545 e. The quantitative estimate of drug-likeness (QED) is 0.316. The topological polar surface area (TPSA) is 66.2 Å². The van der Waals surface area contributed by atoms with E-state index >= 15 is 0 Å². The zero-order valence-electron chi connectivity index (χ0n) is 7.36. The van der Waals surface area contributed by atoms with Crippen molar-refractivity contribution in [2.24, 2.45) is 0 Å². The summed E-state index contributed by atoms with van der Waals surface area (Å²) in [5.41, 5.74) is 6.82. The first-order chi connectivity index (χ1) is 5.68. The molecule has 0 aliphatic heterocycles. The molecule has 0 saturated heterocycles. The molecule has 1 aromatic rings. The van der Waals surface area contributed by atoms with Gasteiger partial charge in [0.05, 0.1) is 5.97 Å². The van der Waals surface area contributed by atoms with Crippen LogP contribution in [0.5, 0.6) is 0 Å². The van der Waals surface area contributed by atoms with Gasteiger partial charge in [-0.2, -0.15) is 0 Å². The fourth-order valence-electron chi connectivity index (χ4n) is 0.827. The summed E-state index contributed by atoms with van der Waals surface area (Å²) in [7, 11) is 0. The monoisotopic (exact) mass is 201 g/mol. The summed E-state index contributed by atoms with van der Waals surface area (Å²) in [6.07, 6.45) is 2.40. The van der Waals surface area contributed by atoms with Gasteiger partial charge in [-0.3, -0.25) is 0 Å². The van der Waals surface area contributed by atoms with E-state index in [0.717, 1.165) is 11.6 Å². The normalized spacial score (nSPS) is 9.54. The van der Waals surface area contributed by atoms with E-state index in [2.05, 4.69) is 0 Å². The standard InChI is InChI=1S/C9H9NO2.K/c10-8-3-1-2-7(6-8)4-5-9(11)12;/h1-6H,10H2,(H,11,12);/q;+1/p-1. The molecule has 1 aromatic carbocycles. The molecule has 0 aliphatic rings. The Kier molecular flexibility index (Phi) is 6.27. The first kappa shape index (κ1) is 12.9. The van der Waals surface area contributed by atoms with E-state index in [4.69, 9.17) is 5.73 Å². The molecule has 0 aromatic heterocycles. The zero-order chi connectivity index (χ0) is 8.97. The van der Waals surface area contributed by atoms with E-state index in [9.17, 15) is 9.90 Å². The number of carboxylic acids is 1. The second-order valence-electron chi connectivity index (χ2n) is 2.32. The van der Waals surface area contributed by atoms with Gasteiger partial charge in [-0.05, 0) is 23.8 Å². The van der Waals surface area contributed by atoms with Crippen LogP contribution in [0.2, 0.25) is 0 Å². The molecule has 0 spiro atoms. The van der Waals surface area contributed by atoms with Crippen LogP contribution in [-0.4, -0.2) is 5.97 Å². The maximum atomic E-state index is 10.0. The van der Waals surface area contributed by atoms with Gasteiger partial charge in [-0.1, -0.05) is 18.2 Å². The van der Waals surface area contributed by atoms with E-state index in [-0.39, 0.29) is 51.4 Å². The van der Waals surface area contributed by atoms with Crippen LogP contribution in [0.1, 0.15) is 5.56 Å². The molecule has 0 bridgehead atoms. The van der Waals surface area contributed by atoms with Gasteiger partial charge in [0, 0.05) is 5.69 Å². The van der Waals surface area contributed by atoms with Crippen molar-refractivity contribution in [2.45, 2.75) is 0 Å². The third-order valence-electron chi connectivity index (χ3n) is 1.32. The van der Waals surface area contributed by atoms with Crippen molar-refractivity contribution in [3.8, 4) is 0 Å². The van der Waals surface area contributed by atoms with E-state index in [0.29, 0.717) is 5.69 Å². The fourth-order valence-corrected chi connectivity index (χ4v) is 0.827. The molecule has 13 heavy (non-hydrogen) atoms. The fraction of sp³-hybridized carbons (Fsp3) is 0. The molecular weight excluding hydrogens is 193 g/mol. The van der Waals surface area contributed by atoms with Crippen LogP contribution in [0.15, 0.2) is 30.3 Å². The molecule has 3 nitrogen and oxygen atoms in total. The van der Waals surface area contributed by atoms with Gasteiger partial charge < -0.3 is 15.6 Å². The Labute approximate surface area is 119 Å². The molecule has 0 radical (unpaired) electrons. The number of carbonyl (C=O) groups excluding carboxylic acids is 1. The molecule has 0 atom stereocenters. The molecule has 2 N–H and O–H groups in total. The van der Waals surface area contributed by atoms with E-state index in [1.807, 2.05) is 0 Å². The van der Waals surface area contributed by atoms with Crippen molar-refractivity contribution in [1.29, 1.82) is 0 Å². The number of anilines is 1. The number of hydrogen-bond donors (Lipinski definition) is 1. The SMILES string of the molecule is Nc1cccc(C=CC(=O)[O-])c1.[K+]. The van der Waals surface area contributed by atoms with Crippen LogP contribution in [0.25, 0.3) is 6.08 Å². The van der Waals surface area contributed by atoms with Gasteiger partial charge in [-0.25, -0.2) is 0 Å². The molecule has 0 fully saturated rings. The van der Waals surface area contributed by atoms with Crippen LogP contribution in [0.4, 0.5) is 5.69 Å². The molecule has 0 unspecified atom stereocenters. The van der Waals surface area contributed by atoms with Gasteiger partial charge in [0.15, 0.2) is 0 Å². The first-order valence-electron chi connectivity index (χ1n) is 3.43. The Bertz CT molecular complexity index is 323. The van der Waals surface area contributed by atoms with Crippen molar-refractivity contribution in [1.82, 2.24) is 0 Å². The molecule has 0 saturated carbocycles. The van der Waals surface area contributed by atoms with Gasteiger partial charge in [0.1, 0.15) is 0 Å². The summed E-state index contributed by atoms with van der Waals surface area (Å²) in [6.45, 7) is 0. The minimum absolute atomic E-state index is 0. The predicted molar refractivity (Wildman–Crippen MR) is 44.9 cm³/mol. The Morgan fingerprint density at radius 1 is 1.46 bits per heavy atom. The summed E-state index contributed by atoms with van der Waals surface area (Å²) in [4.78, 5) is 10.0. The summed E-state index contributed by atoms with van der Waals surface area (Å²) >= 11 is 0. The molecule has 62 valence electrons. The Balaban J connectivity index is 0.00000144. The smallest absolute Gasteiger partial charge is 0.545 e.